The van der Waals surface area contributed by atoms with Crippen molar-refractivity contribution in [2.45, 2.75) is 13.8 Å². The van der Waals surface area contributed by atoms with Gasteiger partial charge in [0.2, 0.25) is 0 Å². The van der Waals surface area contributed by atoms with Crippen molar-refractivity contribution in [3.63, 3.8) is 0 Å². The average molecular weight is 233 g/mol. The second-order valence-corrected chi connectivity index (χ2v) is 3.82. The van der Waals surface area contributed by atoms with Crippen LogP contribution in [0.5, 0.6) is 0 Å². The summed E-state index contributed by atoms with van der Waals surface area (Å²) in [6, 6.07) is 3.63. The zero-order chi connectivity index (χ0) is 11.7. The van der Waals surface area contributed by atoms with Crippen LogP contribution in [0.15, 0.2) is 18.3 Å². The van der Waals surface area contributed by atoms with Gasteiger partial charge in [-0.3, -0.25) is 4.98 Å². The van der Waals surface area contributed by atoms with E-state index in [2.05, 4.69) is 15.1 Å². The molecular weight excluding hydrogens is 222 g/mol. The first-order valence-corrected chi connectivity index (χ1v) is 5.15. The first kappa shape index (κ1) is 10.7. The standard InChI is InChI=1S/C10H11N5S/c1-6-13-7(2)15(14-6)8-3-4-12-9(5-8)10(11)16/h3-5H,1-2H3,(H2,11,16). The minimum Gasteiger partial charge on any atom is -0.388 e. The summed E-state index contributed by atoms with van der Waals surface area (Å²) in [7, 11) is 0. The molecule has 0 spiro atoms. The molecule has 0 radical (unpaired) electrons. The maximum absolute atomic E-state index is 5.53. The lowest BCUT2D eigenvalue weighted by molar-refractivity contribution is 0.828. The van der Waals surface area contributed by atoms with Crippen molar-refractivity contribution < 1.29 is 0 Å². The number of nitrogens with two attached hydrogens (primary N) is 1. The molecule has 2 N–H and O–H groups in total. The van der Waals surface area contributed by atoms with Gasteiger partial charge < -0.3 is 5.73 Å². The molecule has 0 aliphatic carbocycles. The molecule has 0 fully saturated rings. The van der Waals surface area contributed by atoms with Crippen LogP contribution < -0.4 is 5.73 Å². The normalized spacial score (nSPS) is 10.4. The van der Waals surface area contributed by atoms with Gasteiger partial charge in [0.05, 0.1) is 11.4 Å². The Labute approximate surface area is 98.3 Å². The molecule has 0 aliphatic heterocycles. The quantitative estimate of drug-likeness (QED) is 0.781. The van der Waals surface area contributed by atoms with E-state index in [-0.39, 0.29) is 4.99 Å². The smallest absolute Gasteiger partial charge is 0.148 e. The van der Waals surface area contributed by atoms with E-state index in [4.69, 9.17) is 18.0 Å². The summed E-state index contributed by atoms with van der Waals surface area (Å²) in [6.07, 6.45) is 1.65. The highest BCUT2D eigenvalue weighted by atomic mass is 32.1. The molecule has 2 aromatic rings. The van der Waals surface area contributed by atoms with Gasteiger partial charge in [0.1, 0.15) is 16.6 Å². The maximum atomic E-state index is 5.53. The summed E-state index contributed by atoms with van der Waals surface area (Å²) in [4.78, 5) is 8.58. The lowest BCUT2D eigenvalue weighted by Gasteiger charge is -2.04. The molecule has 0 unspecified atom stereocenters. The maximum Gasteiger partial charge on any atom is 0.148 e. The number of aromatic nitrogens is 4. The number of nitrogens with zero attached hydrogens (tertiary/aromatic N) is 4. The Kier molecular flexibility index (Phi) is 2.66. The van der Waals surface area contributed by atoms with Crippen LogP contribution in [0.2, 0.25) is 0 Å². The molecule has 5 nitrogen and oxygen atoms in total. The Balaban J connectivity index is 2.52. The third-order valence-corrected chi connectivity index (χ3v) is 2.32. The van der Waals surface area contributed by atoms with Crippen LogP contribution in [-0.4, -0.2) is 24.7 Å². The van der Waals surface area contributed by atoms with Crippen LogP contribution in [-0.2, 0) is 0 Å². The second kappa shape index (κ2) is 3.97. The predicted molar refractivity (Wildman–Crippen MR) is 64.5 cm³/mol. The van der Waals surface area contributed by atoms with Crippen LogP contribution in [0, 0.1) is 13.8 Å². The van der Waals surface area contributed by atoms with Crippen molar-refractivity contribution in [2.75, 3.05) is 0 Å². The van der Waals surface area contributed by atoms with E-state index in [0.29, 0.717) is 5.69 Å². The molecule has 0 bridgehead atoms. The molecule has 0 saturated heterocycles. The molecule has 2 heterocycles. The van der Waals surface area contributed by atoms with E-state index in [1.807, 2.05) is 19.9 Å². The Morgan fingerprint density at radius 1 is 1.44 bits per heavy atom. The molecule has 2 aromatic heterocycles. The van der Waals surface area contributed by atoms with Crippen LogP contribution in [0.1, 0.15) is 17.3 Å². The van der Waals surface area contributed by atoms with Crippen LogP contribution in [0.3, 0.4) is 0 Å². The molecule has 16 heavy (non-hydrogen) atoms. The zero-order valence-corrected chi connectivity index (χ0v) is 9.82. The Morgan fingerprint density at radius 3 is 2.75 bits per heavy atom. The third kappa shape index (κ3) is 1.92. The molecule has 0 saturated carbocycles. The topological polar surface area (TPSA) is 69.6 Å². The molecular formula is C10H11N5S. The Morgan fingerprint density at radius 2 is 2.19 bits per heavy atom. The first-order valence-electron chi connectivity index (χ1n) is 4.74. The highest BCUT2D eigenvalue weighted by Gasteiger charge is 2.06. The fourth-order valence-electron chi connectivity index (χ4n) is 1.45. The third-order valence-electron chi connectivity index (χ3n) is 2.12. The summed E-state index contributed by atoms with van der Waals surface area (Å²) in [6.45, 7) is 3.74. The van der Waals surface area contributed by atoms with Gasteiger partial charge in [-0.2, -0.15) is 5.10 Å². The second-order valence-electron chi connectivity index (χ2n) is 3.38. The van der Waals surface area contributed by atoms with Gasteiger partial charge in [-0.25, -0.2) is 9.67 Å². The van der Waals surface area contributed by atoms with Crippen molar-refractivity contribution in [1.29, 1.82) is 0 Å². The fraction of sp³-hybridized carbons (Fsp3) is 0.200. The van der Waals surface area contributed by atoms with E-state index < -0.39 is 0 Å². The van der Waals surface area contributed by atoms with Crippen molar-refractivity contribution in [3.8, 4) is 5.69 Å². The molecule has 2 rings (SSSR count). The van der Waals surface area contributed by atoms with Crippen molar-refractivity contribution >= 4 is 17.2 Å². The van der Waals surface area contributed by atoms with Crippen molar-refractivity contribution in [1.82, 2.24) is 19.7 Å². The van der Waals surface area contributed by atoms with Gasteiger partial charge >= 0.3 is 0 Å². The van der Waals surface area contributed by atoms with E-state index >= 15 is 0 Å². The summed E-state index contributed by atoms with van der Waals surface area (Å²) < 4.78 is 1.73. The van der Waals surface area contributed by atoms with Gasteiger partial charge in [-0.15, -0.1) is 0 Å². The number of hydrogen-bond donors (Lipinski definition) is 1. The van der Waals surface area contributed by atoms with Gasteiger partial charge in [0, 0.05) is 6.20 Å². The molecule has 0 aliphatic rings. The molecule has 0 atom stereocenters. The number of aryl methyl sites for hydroxylation is 2. The van der Waals surface area contributed by atoms with Crippen molar-refractivity contribution in [3.05, 3.63) is 35.7 Å². The zero-order valence-electron chi connectivity index (χ0n) is 9.01. The van der Waals surface area contributed by atoms with Crippen LogP contribution >= 0.6 is 12.2 Å². The fourth-order valence-corrected chi connectivity index (χ4v) is 1.56. The summed E-state index contributed by atoms with van der Waals surface area (Å²) in [5.74, 6) is 1.55. The summed E-state index contributed by atoms with van der Waals surface area (Å²) in [5, 5.41) is 4.27. The lowest BCUT2D eigenvalue weighted by Crippen LogP contribution is -2.12. The van der Waals surface area contributed by atoms with Gasteiger partial charge in [0.25, 0.3) is 0 Å². The van der Waals surface area contributed by atoms with Gasteiger partial charge in [-0.1, -0.05) is 12.2 Å². The SMILES string of the molecule is Cc1nc(C)n(-c2ccnc(C(N)=S)c2)n1. The molecule has 0 aromatic carbocycles. The summed E-state index contributed by atoms with van der Waals surface area (Å²) in [5.41, 5.74) is 6.97. The van der Waals surface area contributed by atoms with Crippen LogP contribution in [0.4, 0.5) is 0 Å². The van der Waals surface area contributed by atoms with Crippen LogP contribution in [0.25, 0.3) is 5.69 Å². The average Bonchev–Trinajstić information content (AvgIpc) is 2.58. The van der Waals surface area contributed by atoms with E-state index in [1.165, 1.54) is 0 Å². The molecule has 0 amide bonds. The van der Waals surface area contributed by atoms with Gasteiger partial charge in [-0.05, 0) is 26.0 Å². The Hall–Kier alpha value is -1.82. The van der Waals surface area contributed by atoms with E-state index in [1.54, 1.807) is 16.9 Å². The van der Waals surface area contributed by atoms with Gasteiger partial charge in [0.15, 0.2) is 0 Å². The highest BCUT2D eigenvalue weighted by Crippen LogP contribution is 2.09. The summed E-state index contributed by atoms with van der Waals surface area (Å²) >= 11 is 4.88. The largest absolute Gasteiger partial charge is 0.388 e. The monoisotopic (exact) mass is 233 g/mol. The number of thiocarbonyl (C=S) groups is 1. The lowest BCUT2D eigenvalue weighted by atomic mass is 10.3. The van der Waals surface area contributed by atoms with Crippen molar-refractivity contribution in [2.24, 2.45) is 5.73 Å². The minimum absolute atomic E-state index is 0.274. The number of pyridine rings is 1. The Bertz CT molecular complexity index is 546. The minimum atomic E-state index is 0.274. The number of rotatable bonds is 2. The highest BCUT2D eigenvalue weighted by molar-refractivity contribution is 7.80. The van der Waals surface area contributed by atoms with E-state index in [9.17, 15) is 0 Å². The first-order chi connectivity index (χ1) is 7.58. The van der Waals surface area contributed by atoms with E-state index in [0.717, 1.165) is 17.3 Å². The number of hydrogen-bond acceptors (Lipinski definition) is 4. The molecule has 82 valence electrons. The molecule has 6 heteroatoms. The predicted octanol–water partition coefficient (Wildman–Crippen LogP) is 0.913.